The Morgan fingerprint density at radius 1 is 1.06 bits per heavy atom. The van der Waals surface area contributed by atoms with Crippen molar-refractivity contribution < 1.29 is 8.78 Å². The number of nitrogens with two attached hydrogens (primary N) is 1. The molecule has 18 heavy (non-hydrogen) atoms. The Morgan fingerprint density at radius 2 is 1.83 bits per heavy atom. The van der Waals surface area contributed by atoms with Crippen LogP contribution in [-0.4, -0.2) is 9.97 Å². The summed E-state index contributed by atoms with van der Waals surface area (Å²) in [6.07, 6.45) is 1.34. The third-order valence-electron chi connectivity index (χ3n) is 2.27. The number of nitrogens with zero attached hydrogens (tertiary/aromatic N) is 2. The summed E-state index contributed by atoms with van der Waals surface area (Å²) < 4.78 is 25.7. The van der Waals surface area contributed by atoms with E-state index in [2.05, 4.69) is 20.7 Å². The van der Waals surface area contributed by atoms with E-state index in [0.29, 0.717) is 23.7 Å². The van der Waals surface area contributed by atoms with Gasteiger partial charge in [0.25, 0.3) is 0 Å². The minimum Gasteiger partial charge on any atom is -0.366 e. The van der Waals surface area contributed by atoms with E-state index in [1.165, 1.54) is 12.4 Å². The number of rotatable bonds is 4. The van der Waals surface area contributed by atoms with Crippen molar-refractivity contribution in [1.82, 2.24) is 9.97 Å². The number of hydrogen-bond acceptors (Lipinski definition) is 5. The van der Waals surface area contributed by atoms with Gasteiger partial charge in [-0.25, -0.2) is 24.6 Å². The molecule has 0 fully saturated rings. The normalized spacial score (nSPS) is 10.2. The maximum Gasteiger partial charge on any atom is 0.159 e. The predicted molar refractivity (Wildman–Crippen MR) is 63.5 cm³/mol. The molecule has 0 unspecified atom stereocenters. The number of benzene rings is 1. The monoisotopic (exact) mass is 251 g/mol. The molecule has 1 heterocycles. The topological polar surface area (TPSA) is 75.9 Å². The van der Waals surface area contributed by atoms with Gasteiger partial charge in [0.1, 0.15) is 18.0 Å². The Morgan fingerprint density at radius 3 is 2.56 bits per heavy atom. The van der Waals surface area contributed by atoms with Crippen LogP contribution in [-0.2, 0) is 6.54 Å². The first-order chi connectivity index (χ1) is 8.69. The van der Waals surface area contributed by atoms with Crippen LogP contribution in [0.2, 0.25) is 0 Å². The van der Waals surface area contributed by atoms with Gasteiger partial charge in [-0.1, -0.05) is 6.07 Å². The highest BCUT2D eigenvalue weighted by Crippen LogP contribution is 2.12. The second-order valence-electron chi connectivity index (χ2n) is 3.53. The fourth-order valence-corrected chi connectivity index (χ4v) is 1.38. The Bertz CT molecular complexity index is 547. The summed E-state index contributed by atoms with van der Waals surface area (Å²) in [6.45, 7) is 0.318. The van der Waals surface area contributed by atoms with Crippen LogP contribution in [0.4, 0.5) is 20.4 Å². The van der Waals surface area contributed by atoms with E-state index in [9.17, 15) is 8.78 Å². The van der Waals surface area contributed by atoms with Crippen molar-refractivity contribution in [1.29, 1.82) is 0 Å². The number of aromatic nitrogens is 2. The van der Waals surface area contributed by atoms with E-state index in [1.54, 1.807) is 6.07 Å². The minimum atomic E-state index is -0.874. The lowest BCUT2D eigenvalue weighted by Crippen LogP contribution is -2.10. The van der Waals surface area contributed by atoms with Crippen molar-refractivity contribution in [3.05, 3.63) is 47.8 Å². The van der Waals surface area contributed by atoms with Crippen LogP contribution >= 0.6 is 0 Å². The van der Waals surface area contributed by atoms with Crippen molar-refractivity contribution in [3.63, 3.8) is 0 Å². The number of halogens is 2. The molecule has 4 N–H and O–H groups in total. The van der Waals surface area contributed by atoms with Crippen LogP contribution in [0.3, 0.4) is 0 Å². The molecule has 7 heteroatoms. The molecule has 0 atom stereocenters. The standard InChI is InChI=1S/C11H11F2N5/c12-8-2-1-7(3-9(8)13)5-15-10-4-11(18-14)17-6-16-10/h1-4,6H,5,14H2,(H2,15,16,17,18). The molecule has 0 aliphatic rings. The molecule has 0 aliphatic carbocycles. The number of hydrazine groups is 1. The van der Waals surface area contributed by atoms with Gasteiger partial charge in [0.05, 0.1) is 0 Å². The van der Waals surface area contributed by atoms with Crippen LogP contribution < -0.4 is 16.6 Å². The number of nitrogens with one attached hydrogen (secondary N) is 2. The number of nitrogen functional groups attached to an aromatic ring is 1. The summed E-state index contributed by atoms with van der Waals surface area (Å²) in [5.74, 6) is 4.45. The zero-order valence-electron chi connectivity index (χ0n) is 9.32. The highest BCUT2D eigenvalue weighted by molar-refractivity contribution is 5.45. The first kappa shape index (κ1) is 12.2. The average Bonchev–Trinajstić information content (AvgIpc) is 2.40. The molecule has 2 rings (SSSR count). The van der Waals surface area contributed by atoms with Gasteiger partial charge in [-0.05, 0) is 17.7 Å². The van der Waals surface area contributed by atoms with Crippen molar-refractivity contribution in [3.8, 4) is 0 Å². The quantitative estimate of drug-likeness (QED) is 0.569. The third kappa shape index (κ3) is 2.89. The van der Waals surface area contributed by atoms with Crippen molar-refractivity contribution >= 4 is 11.6 Å². The SMILES string of the molecule is NNc1cc(NCc2ccc(F)c(F)c2)ncn1. The maximum absolute atomic E-state index is 13.0. The Balaban J connectivity index is 2.04. The molecule has 0 saturated heterocycles. The average molecular weight is 251 g/mol. The van der Waals surface area contributed by atoms with E-state index in [-0.39, 0.29) is 0 Å². The molecule has 2 aromatic rings. The molecular formula is C11H11F2N5. The second-order valence-corrected chi connectivity index (χ2v) is 3.53. The van der Waals surface area contributed by atoms with Crippen molar-refractivity contribution in [2.45, 2.75) is 6.54 Å². The lowest BCUT2D eigenvalue weighted by molar-refractivity contribution is 0.507. The van der Waals surface area contributed by atoms with E-state index >= 15 is 0 Å². The van der Waals surface area contributed by atoms with E-state index in [4.69, 9.17) is 5.84 Å². The van der Waals surface area contributed by atoms with E-state index in [0.717, 1.165) is 12.1 Å². The van der Waals surface area contributed by atoms with Gasteiger partial charge in [0, 0.05) is 12.6 Å². The Hall–Kier alpha value is -2.28. The van der Waals surface area contributed by atoms with Gasteiger partial charge in [-0.3, -0.25) is 0 Å². The molecule has 0 spiro atoms. The smallest absolute Gasteiger partial charge is 0.159 e. The molecule has 1 aromatic heterocycles. The molecular weight excluding hydrogens is 240 g/mol. The van der Waals surface area contributed by atoms with Crippen LogP contribution in [0.1, 0.15) is 5.56 Å². The maximum atomic E-state index is 13.0. The molecule has 1 aromatic carbocycles. The Kier molecular flexibility index (Phi) is 3.63. The van der Waals surface area contributed by atoms with E-state index < -0.39 is 11.6 Å². The molecule has 94 valence electrons. The highest BCUT2D eigenvalue weighted by Gasteiger charge is 2.03. The first-order valence-corrected chi connectivity index (χ1v) is 5.15. The van der Waals surface area contributed by atoms with Gasteiger partial charge in [-0.15, -0.1) is 0 Å². The zero-order valence-corrected chi connectivity index (χ0v) is 9.32. The van der Waals surface area contributed by atoms with Crippen LogP contribution in [0.25, 0.3) is 0 Å². The van der Waals surface area contributed by atoms with Crippen molar-refractivity contribution in [2.75, 3.05) is 10.7 Å². The van der Waals surface area contributed by atoms with Gasteiger partial charge >= 0.3 is 0 Å². The summed E-state index contributed by atoms with van der Waals surface area (Å²) in [5.41, 5.74) is 2.99. The predicted octanol–water partition coefficient (Wildman–Crippen LogP) is 1.65. The number of hydrogen-bond donors (Lipinski definition) is 3. The van der Waals surface area contributed by atoms with Gasteiger partial charge in [-0.2, -0.15) is 0 Å². The number of anilines is 2. The lowest BCUT2D eigenvalue weighted by Gasteiger charge is -2.07. The summed E-state index contributed by atoms with van der Waals surface area (Å²) >= 11 is 0. The second kappa shape index (κ2) is 5.37. The van der Waals surface area contributed by atoms with Gasteiger partial charge in [0.2, 0.25) is 0 Å². The Labute approximate surface area is 102 Å². The highest BCUT2D eigenvalue weighted by atomic mass is 19.2. The molecule has 0 aliphatic heterocycles. The lowest BCUT2D eigenvalue weighted by atomic mass is 10.2. The fourth-order valence-electron chi connectivity index (χ4n) is 1.38. The first-order valence-electron chi connectivity index (χ1n) is 5.15. The van der Waals surface area contributed by atoms with E-state index in [1.807, 2.05) is 0 Å². The molecule has 0 saturated carbocycles. The van der Waals surface area contributed by atoms with Crippen LogP contribution in [0.5, 0.6) is 0 Å². The summed E-state index contributed by atoms with van der Waals surface area (Å²) in [7, 11) is 0. The van der Waals surface area contributed by atoms with Gasteiger partial charge < -0.3 is 10.7 Å². The van der Waals surface area contributed by atoms with Crippen LogP contribution in [0, 0.1) is 11.6 Å². The molecule has 0 amide bonds. The van der Waals surface area contributed by atoms with Crippen LogP contribution in [0.15, 0.2) is 30.6 Å². The summed E-state index contributed by atoms with van der Waals surface area (Å²) in [6, 6.07) is 5.30. The molecule has 0 radical (unpaired) electrons. The summed E-state index contributed by atoms with van der Waals surface area (Å²) in [5, 5.41) is 2.95. The fraction of sp³-hybridized carbons (Fsp3) is 0.0909. The zero-order chi connectivity index (χ0) is 13.0. The molecule has 0 bridgehead atoms. The molecule has 5 nitrogen and oxygen atoms in total. The van der Waals surface area contributed by atoms with Crippen molar-refractivity contribution in [2.24, 2.45) is 5.84 Å². The van der Waals surface area contributed by atoms with Gasteiger partial charge in [0.15, 0.2) is 11.6 Å². The minimum absolute atomic E-state index is 0.318. The largest absolute Gasteiger partial charge is 0.366 e. The third-order valence-corrected chi connectivity index (χ3v) is 2.27. The summed E-state index contributed by atoms with van der Waals surface area (Å²) in [4.78, 5) is 7.80.